The Hall–Kier alpha value is -5.44. The highest BCUT2D eigenvalue weighted by molar-refractivity contribution is 5.88. The van der Waals surface area contributed by atoms with Crippen LogP contribution in [-0.2, 0) is 28.5 Å². The van der Waals surface area contributed by atoms with Gasteiger partial charge in [-0.1, -0.05) is 12.1 Å². The first kappa shape index (κ1) is 46.5. The van der Waals surface area contributed by atoms with Gasteiger partial charge in [-0.3, -0.25) is 4.79 Å². The maximum Gasteiger partial charge on any atom is 0.331 e. The Balaban J connectivity index is 1.18. The number of fused-ring (bicyclic) bond motifs is 1. The summed E-state index contributed by atoms with van der Waals surface area (Å²) in [4.78, 5) is 27.1. The molecule has 12 N–H and O–H groups in total. The molecule has 3 fully saturated rings. The maximum absolute atomic E-state index is 14.4. The number of carbonyl (C=O) groups is 1. The smallest absolute Gasteiger partial charge is 0.331 e. The summed E-state index contributed by atoms with van der Waals surface area (Å²) in [6.45, 7) is -0.300. The van der Waals surface area contributed by atoms with Crippen molar-refractivity contribution in [2.75, 3.05) is 13.2 Å². The van der Waals surface area contributed by atoms with Gasteiger partial charge in [-0.15, -0.1) is 0 Å². The molecule has 22 nitrogen and oxygen atoms in total. The number of aliphatic hydroxyl groups is 9. The fourth-order valence-electron chi connectivity index (χ4n) is 7.28. The number of rotatable bonds is 12. The standard InChI is InChI=1S/C42H46O22/c1-16-28(49)32(53)39(64-41-35(56)33(54)37(25(15-44)61-41)62-26(48)11-4-17-2-7-19(45)8-3-17)42(57-16)63-38-30(51)27-22(47)12-21(58-40-34(55)31(52)29(50)24(14-43)60-40)13-23(27)59-36(38)18-5-9-20(46)10-6-18/h2-13,16,24-25,28-29,31-35,37,39-47,49-50,52-56H,14-15H2,1H3/b11-4+/t16-,24-,25+,28-,29+,31-,32+,33-,34+,35+,37+,39-,40+,41-,42-/m0/s1. The zero-order valence-electron chi connectivity index (χ0n) is 33.5. The molecule has 15 atom stereocenters. The Morgan fingerprint density at radius 1 is 0.672 bits per heavy atom. The van der Waals surface area contributed by atoms with Crippen LogP contribution in [0.5, 0.6) is 28.7 Å². The molecule has 0 aliphatic carbocycles. The van der Waals surface area contributed by atoms with E-state index in [1.807, 2.05) is 0 Å². The Labute approximate surface area is 361 Å². The third-order valence-corrected chi connectivity index (χ3v) is 10.8. The van der Waals surface area contributed by atoms with E-state index < -0.39 is 134 Å². The van der Waals surface area contributed by atoms with Crippen molar-refractivity contribution in [3.63, 3.8) is 0 Å². The maximum atomic E-state index is 14.4. The lowest BCUT2D eigenvalue weighted by Gasteiger charge is -2.46. The zero-order valence-corrected chi connectivity index (χ0v) is 33.5. The van der Waals surface area contributed by atoms with Crippen LogP contribution < -0.4 is 14.9 Å². The van der Waals surface area contributed by atoms with E-state index in [-0.39, 0.29) is 34.2 Å². The summed E-state index contributed by atoms with van der Waals surface area (Å²) in [6, 6.07) is 13.0. The van der Waals surface area contributed by atoms with E-state index in [1.165, 1.54) is 61.5 Å². The summed E-state index contributed by atoms with van der Waals surface area (Å²) in [7, 11) is 0. The van der Waals surface area contributed by atoms with E-state index in [4.69, 9.17) is 37.6 Å². The molecule has 0 unspecified atom stereocenters. The Bertz CT molecular complexity index is 2330. The molecule has 3 aliphatic rings. The van der Waals surface area contributed by atoms with Gasteiger partial charge < -0.3 is 98.9 Å². The average molecular weight is 903 g/mol. The molecule has 22 heteroatoms. The van der Waals surface area contributed by atoms with Gasteiger partial charge in [0, 0.05) is 23.8 Å². The highest BCUT2D eigenvalue weighted by atomic mass is 16.8. The number of ether oxygens (including phenoxy) is 7. The number of phenolic OH excluding ortho intramolecular Hbond substituents is 3. The molecule has 0 amide bonds. The summed E-state index contributed by atoms with van der Waals surface area (Å²) >= 11 is 0. The second kappa shape index (κ2) is 19.3. The van der Waals surface area contributed by atoms with E-state index in [0.717, 1.165) is 18.2 Å². The first-order chi connectivity index (χ1) is 30.5. The normalized spacial score (nSPS) is 33.2. The number of esters is 1. The van der Waals surface area contributed by atoms with Gasteiger partial charge in [-0.25, -0.2) is 4.79 Å². The molecule has 3 aromatic carbocycles. The fraction of sp³-hybridized carbons (Fsp3) is 0.429. The topological polar surface area (TPSA) is 355 Å². The number of aliphatic hydroxyl groups excluding tert-OH is 9. The lowest BCUT2D eigenvalue weighted by Crippen LogP contribution is -2.65. The predicted molar refractivity (Wildman–Crippen MR) is 212 cm³/mol. The largest absolute Gasteiger partial charge is 0.508 e. The van der Waals surface area contributed by atoms with Gasteiger partial charge in [0.15, 0.2) is 24.3 Å². The molecule has 4 aromatic rings. The highest BCUT2D eigenvalue weighted by Gasteiger charge is 2.52. The summed E-state index contributed by atoms with van der Waals surface area (Å²) in [5, 5.41) is 125. The van der Waals surface area contributed by atoms with Crippen molar-refractivity contribution in [3.05, 3.63) is 82.5 Å². The van der Waals surface area contributed by atoms with Crippen LogP contribution in [0.1, 0.15) is 12.5 Å². The quantitative estimate of drug-likeness (QED) is 0.0543. The minimum atomic E-state index is -2.05. The molecule has 4 heterocycles. The summed E-state index contributed by atoms with van der Waals surface area (Å²) in [5.41, 5.74) is -0.820. The van der Waals surface area contributed by atoms with Gasteiger partial charge in [0.2, 0.25) is 23.8 Å². The van der Waals surface area contributed by atoms with Crippen LogP contribution in [0.25, 0.3) is 28.4 Å². The SMILES string of the molecule is C[C@@H]1O[C@@H](Oc2c(-c3ccc(O)cc3)oc3cc(O[C@@H]4O[C@@H](CO)[C@@H](O)[C@H](O)[C@H]4O)cc(O)c3c2=O)[C@@H](O[C@@H]2O[C@H](CO)[C@@H](OC(=O)/C=C/c3ccc(O)cc3)[C@@H](O)[C@H]2O)[C@H](O)[C@H]1O. The minimum Gasteiger partial charge on any atom is -0.508 e. The summed E-state index contributed by atoms with van der Waals surface area (Å²) < 4.78 is 45.9. The molecule has 64 heavy (non-hydrogen) atoms. The second-order valence-corrected chi connectivity index (χ2v) is 15.2. The zero-order chi connectivity index (χ0) is 46.1. The van der Waals surface area contributed by atoms with E-state index in [9.17, 15) is 70.9 Å². The van der Waals surface area contributed by atoms with Crippen molar-refractivity contribution in [3.8, 4) is 40.1 Å². The molecule has 0 spiro atoms. The molecule has 3 saturated heterocycles. The minimum absolute atomic E-state index is 0.00649. The third-order valence-electron chi connectivity index (χ3n) is 10.8. The number of carbonyl (C=O) groups excluding carboxylic acids is 1. The van der Waals surface area contributed by atoms with Crippen LogP contribution in [0.2, 0.25) is 0 Å². The van der Waals surface area contributed by atoms with Crippen LogP contribution in [0, 0.1) is 0 Å². The summed E-state index contributed by atoms with van der Waals surface area (Å²) in [6.07, 6.45) is -23.8. The molecule has 0 radical (unpaired) electrons. The van der Waals surface area contributed by atoms with Crippen molar-refractivity contribution < 1.29 is 104 Å². The van der Waals surface area contributed by atoms with Gasteiger partial charge >= 0.3 is 5.97 Å². The van der Waals surface area contributed by atoms with Crippen LogP contribution in [0.4, 0.5) is 0 Å². The molecule has 1 aromatic heterocycles. The van der Waals surface area contributed by atoms with Crippen LogP contribution >= 0.6 is 0 Å². The number of hydrogen-bond donors (Lipinski definition) is 12. The number of benzene rings is 3. The number of aromatic hydroxyl groups is 3. The molecular formula is C42H46O22. The Morgan fingerprint density at radius 3 is 1.94 bits per heavy atom. The van der Waals surface area contributed by atoms with E-state index in [0.29, 0.717) is 5.56 Å². The van der Waals surface area contributed by atoms with Crippen LogP contribution in [0.15, 0.2) is 76.0 Å². The van der Waals surface area contributed by atoms with Crippen LogP contribution in [0.3, 0.4) is 0 Å². The van der Waals surface area contributed by atoms with Gasteiger partial charge in [0.05, 0.1) is 19.3 Å². The number of hydrogen-bond acceptors (Lipinski definition) is 22. The van der Waals surface area contributed by atoms with Crippen molar-refractivity contribution in [1.82, 2.24) is 0 Å². The first-order valence-electron chi connectivity index (χ1n) is 19.7. The Kier molecular flexibility index (Phi) is 14.1. The van der Waals surface area contributed by atoms with Gasteiger partial charge in [-0.2, -0.15) is 0 Å². The van der Waals surface area contributed by atoms with Gasteiger partial charge in [-0.05, 0) is 55.0 Å². The predicted octanol–water partition coefficient (Wildman–Crippen LogP) is -1.95. The van der Waals surface area contributed by atoms with Gasteiger partial charge in [0.1, 0.15) is 88.9 Å². The van der Waals surface area contributed by atoms with E-state index in [2.05, 4.69) is 0 Å². The first-order valence-corrected chi connectivity index (χ1v) is 19.7. The Morgan fingerprint density at radius 2 is 1.28 bits per heavy atom. The van der Waals surface area contributed by atoms with Crippen molar-refractivity contribution in [2.24, 2.45) is 0 Å². The molecule has 3 aliphatic heterocycles. The number of phenols is 3. The fourth-order valence-corrected chi connectivity index (χ4v) is 7.28. The lowest BCUT2D eigenvalue weighted by molar-refractivity contribution is -0.355. The average Bonchev–Trinajstić information content (AvgIpc) is 3.27. The third kappa shape index (κ3) is 9.50. The molecular weight excluding hydrogens is 856 g/mol. The molecule has 346 valence electrons. The van der Waals surface area contributed by atoms with Crippen molar-refractivity contribution in [2.45, 2.75) is 99.0 Å². The molecule has 7 rings (SSSR count). The lowest BCUT2D eigenvalue weighted by atomic mass is 9.97. The molecule has 0 bridgehead atoms. The van der Waals surface area contributed by atoms with Crippen molar-refractivity contribution in [1.29, 1.82) is 0 Å². The van der Waals surface area contributed by atoms with Crippen molar-refractivity contribution >= 4 is 23.0 Å². The van der Waals surface area contributed by atoms with Gasteiger partial charge in [0.25, 0.3) is 0 Å². The molecule has 0 saturated carbocycles. The van der Waals surface area contributed by atoms with E-state index in [1.54, 1.807) is 0 Å². The van der Waals surface area contributed by atoms with Crippen LogP contribution in [-0.4, -0.2) is 173 Å². The van der Waals surface area contributed by atoms with E-state index >= 15 is 0 Å². The monoisotopic (exact) mass is 902 g/mol. The second-order valence-electron chi connectivity index (χ2n) is 15.2. The highest BCUT2D eigenvalue weighted by Crippen LogP contribution is 2.39. The summed E-state index contributed by atoms with van der Waals surface area (Å²) in [5.74, 6) is -3.31.